The number of hydrogen-bond donors (Lipinski definition) is 1. The molecule has 1 unspecified atom stereocenters. The lowest BCUT2D eigenvalue weighted by Crippen LogP contribution is -2.48. The second-order valence-corrected chi connectivity index (χ2v) is 8.09. The van der Waals surface area contributed by atoms with Crippen LogP contribution in [-0.2, 0) is 4.79 Å². The molecule has 1 saturated heterocycles. The molecular formula is C22H32N2O2. The van der Waals surface area contributed by atoms with Crippen LogP contribution in [0.1, 0.15) is 67.8 Å². The van der Waals surface area contributed by atoms with Gasteiger partial charge in [0, 0.05) is 24.7 Å². The average molecular weight is 357 g/mol. The Morgan fingerprint density at radius 2 is 1.77 bits per heavy atom. The number of piperidine rings is 1. The Morgan fingerprint density at radius 1 is 1.08 bits per heavy atom. The number of likely N-dealkylation sites (tertiary alicyclic amines) is 1. The molecule has 1 aromatic rings. The standard InChI is InChI=1S/C22H32N2O2/c1-3-17-8-12-20(13-9-17)23-21(25)19-5-4-14-24(15-19)22(26)18-10-6-16(2)7-11-18/h6-7,10-11,17,19-20H,3-5,8-9,12-15H2,1-2H3,(H,23,25). The van der Waals surface area contributed by atoms with Gasteiger partial charge in [-0.3, -0.25) is 9.59 Å². The van der Waals surface area contributed by atoms with E-state index in [1.807, 2.05) is 36.1 Å². The van der Waals surface area contributed by atoms with Crippen LogP contribution in [-0.4, -0.2) is 35.8 Å². The van der Waals surface area contributed by atoms with E-state index >= 15 is 0 Å². The summed E-state index contributed by atoms with van der Waals surface area (Å²) in [7, 11) is 0. The highest BCUT2D eigenvalue weighted by atomic mass is 16.2. The molecule has 1 aromatic carbocycles. The topological polar surface area (TPSA) is 49.4 Å². The quantitative estimate of drug-likeness (QED) is 0.888. The van der Waals surface area contributed by atoms with Crippen molar-refractivity contribution in [3.63, 3.8) is 0 Å². The molecule has 0 bridgehead atoms. The van der Waals surface area contributed by atoms with Gasteiger partial charge in [0.25, 0.3) is 5.91 Å². The number of carbonyl (C=O) groups is 2. The lowest BCUT2D eigenvalue weighted by atomic mass is 9.84. The van der Waals surface area contributed by atoms with Gasteiger partial charge in [0.05, 0.1) is 5.92 Å². The zero-order valence-electron chi connectivity index (χ0n) is 16.2. The molecule has 1 N–H and O–H groups in total. The van der Waals surface area contributed by atoms with E-state index in [1.54, 1.807) is 0 Å². The predicted octanol–water partition coefficient (Wildman–Crippen LogP) is 3.93. The molecule has 0 aromatic heterocycles. The predicted molar refractivity (Wildman–Crippen MR) is 104 cm³/mol. The van der Waals surface area contributed by atoms with Crippen LogP contribution in [0.5, 0.6) is 0 Å². The third-order valence-electron chi connectivity index (χ3n) is 6.15. The van der Waals surface area contributed by atoms with Gasteiger partial charge >= 0.3 is 0 Å². The number of nitrogens with one attached hydrogen (secondary N) is 1. The van der Waals surface area contributed by atoms with E-state index in [9.17, 15) is 9.59 Å². The Bertz CT molecular complexity index is 618. The Balaban J connectivity index is 1.53. The minimum atomic E-state index is -0.0675. The third kappa shape index (κ3) is 4.66. The molecule has 1 aliphatic heterocycles. The zero-order valence-corrected chi connectivity index (χ0v) is 16.2. The molecule has 1 aliphatic carbocycles. The summed E-state index contributed by atoms with van der Waals surface area (Å²) < 4.78 is 0. The van der Waals surface area contributed by atoms with Crippen LogP contribution in [0, 0.1) is 18.8 Å². The van der Waals surface area contributed by atoms with Gasteiger partial charge in [0.1, 0.15) is 0 Å². The summed E-state index contributed by atoms with van der Waals surface area (Å²) in [5.74, 6) is 0.958. The summed E-state index contributed by atoms with van der Waals surface area (Å²) in [5, 5.41) is 3.26. The molecule has 2 amide bonds. The van der Waals surface area contributed by atoms with Crippen molar-refractivity contribution in [3.8, 4) is 0 Å². The Kier molecular flexibility index (Phi) is 6.33. The second kappa shape index (κ2) is 8.70. The fourth-order valence-electron chi connectivity index (χ4n) is 4.29. The smallest absolute Gasteiger partial charge is 0.253 e. The van der Waals surface area contributed by atoms with Crippen LogP contribution in [0.25, 0.3) is 0 Å². The lowest BCUT2D eigenvalue weighted by Gasteiger charge is -2.34. The van der Waals surface area contributed by atoms with E-state index < -0.39 is 0 Å². The fourth-order valence-corrected chi connectivity index (χ4v) is 4.29. The minimum Gasteiger partial charge on any atom is -0.353 e. The molecule has 2 aliphatic rings. The first-order chi connectivity index (χ1) is 12.6. The highest BCUT2D eigenvalue weighted by Gasteiger charge is 2.30. The van der Waals surface area contributed by atoms with Crippen LogP contribution in [0.15, 0.2) is 24.3 Å². The van der Waals surface area contributed by atoms with Crippen molar-refractivity contribution in [3.05, 3.63) is 35.4 Å². The monoisotopic (exact) mass is 356 g/mol. The maximum Gasteiger partial charge on any atom is 0.253 e. The first kappa shape index (κ1) is 18.9. The van der Waals surface area contributed by atoms with E-state index in [-0.39, 0.29) is 17.7 Å². The van der Waals surface area contributed by atoms with Gasteiger partial charge in [-0.2, -0.15) is 0 Å². The van der Waals surface area contributed by atoms with Crippen molar-refractivity contribution in [2.75, 3.05) is 13.1 Å². The summed E-state index contributed by atoms with van der Waals surface area (Å²) in [6.45, 7) is 5.57. The molecule has 4 heteroatoms. The van der Waals surface area contributed by atoms with Crippen LogP contribution in [0.3, 0.4) is 0 Å². The van der Waals surface area contributed by atoms with E-state index in [2.05, 4.69) is 12.2 Å². The van der Waals surface area contributed by atoms with Crippen molar-refractivity contribution < 1.29 is 9.59 Å². The summed E-state index contributed by atoms with van der Waals surface area (Å²) in [5.41, 5.74) is 1.87. The van der Waals surface area contributed by atoms with E-state index in [0.29, 0.717) is 12.6 Å². The number of nitrogens with zero attached hydrogens (tertiary/aromatic N) is 1. The average Bonchev–Trinajstić information content (AvgIpc) is 2.68. The molecule has 142 valence electrons. The second-order valence-electron chi connectivity index (χ2n) is 8.09. The molecule has 1 atom stereocenters. The molecule has 0 spiro atoms. The maximum atomic E-state index is 12.7. The van der Waals surface area contributed by atoms with Crippen molar-refractivity contribution in [1.82, 2.24) is 10.2 Å². The molecule has 3 rings (SSSR count). The number of hydrogen-bond acceptors (Lipinski definition) is 2. The SMILES string of the molecule is CCC1CCC(NC(=O)C2CCCN(C(=O)c3ccc(C)cc3)C2)CC1. The molecule has 2 fully saturated rings. The number of amides is 2. The minimum absolute atomic E-state index is 0.0472. The van der Waals surface area contributed by atoms with Crippen molar-refractivity contribution >= 4 is 11.8 Å². The summed E-state index contributed by atoms with van der Waals surface area (Å²) in [4.78, 5) is 27.3. The number of rotatable bonds is 4. The van der Waals surface area contributed by atoms with Gasteiger partial charge in [0.15, 0.2) is 0 Å². The Labute approximate surface area is 157 Å². The van der Waals surface area contributed by atoms with E-state index in [1.165, 1.54) is 19.3 Å². The normalized spacial score (nSPS) is 26.4. The van der Waals surface area contributed by atoms with Gasteiger partial charge in [0.2, 0.25) is 5.91 Å². The van der Waals surface area contributed by atoms with Gasteiger partial charge in [-0.05, 0) is 63.5 Å². The first-order valence-electron chi connectivity index (χ1n) is 10.2. The molecular weight excluding hydrogens is 324 g/mol. The molecule has 4 nitrogen and oxygen atoms in total. The number of carbonyl (C=O) groups excluding carboxylic acids is 2. The largest absolute Gasteiger partial charge is 0.353 e. The van der Waals surface area contributed by atoms with Crippen molar-refractivity contribution in [2.45, 2.75) is 64.8 Å². The zero-order chi connectivity index (χ0) is 18.5. The van der Waals surface area contributed by atoms with Crippen molar-refractivity contribution in [2.24, 2.45) is 11.8 Å². The van der Waals surface area contributed by atoms with E-state index in [0.717, 1.165) is 49.3 Å². The van der Waals surface area contributed by atoms with Gasteiger partial charge in [-0.25, -0.2) is 0 Å². The lowest BCUT2D eigenvalue weighted by molar-refractivity contribution is -0.127. The first-order valence-corrected chi connectivity index (χ1v) is 10.2. The molecule has 26 heavy (non-hydrogen) atoms. The number of benzene rings is 1. The third-order valence-corrected chi connectivity index (χ3v) is 6.15. The van der Waals surface area contributed by atoms with Crippen LogP contribution in [0.2, 0.25) is 0 Å². The van der Waals surface area contributed by atoms with E-state index in [4.69, 9.17) is 0 Å². The highest BCUT2D eigenvalue weighted by molar-refractivity contribution is 5.94. The number of aryl methyl sites for hydroxylation is 1. The summed E-state index contributed by atoms with van der Waals surface area (Å²) >= 11 is 0. The molecule has 0 radical (unpaired) electrons. The maximum absolute atomic E-state index is 12.7. The van der Waals surface area contributed by atoms with Gasteiger partial charge in [-0.1, -0.05) is 31.0 Å². The summed E-state index contributed by atoms with van der Waals surface area (Å²) in [6.07, 6.45) is 7.69. The Hall–Kier alpha value is -1.84. The van der Waals surface area contributed by atoms with Crippen LogP contribution >= 0.6 is 0 Å². The van der Waals surface area contributed by atoms with Crippen LogP contribution < -0.4 is 5.32 Å². The van der Waals surface area contributed by atoms with Crippen molar-refractivity contribution in [1.29, 1.82) is 0 Å². The molecule has 1 heterocycles. The van der Waals surface area contributed by atoms with Gasteiger partial charge in [-0.15, -0.1) is 0 Å². The van der Waals surface area contributed by atoms with Gasteiger partial charge < -0.3 is 10.2 Å². The highest BCUT2D eigenvalue weighted by Crippen LogP contribution is 2.27. The fraction of sp³-hybridized carbons (Fsp3) is 0.636. The summed E-state index contributed by atoms with van der Waals surface area (Å²) in [6, 6.07) is 8.02. The Morgan fingerprint density at radius 3 is 2.42 bits per heavy atom. The van der Waals surface area contributed by atoms with Crippen LogP contribution in [0.4, 0.5) is 0 Å². The molecule has 1 saturated carbocycles.